The van der Waals surface area contributed by atoms with Crippen molar-refractivity contribution in [1.82, 2.24) is 14.7 Å². The molecule has 4 heteroatoms. The van der Waals surface area contributed by atoms with E-state index in [2.05, 4.69) is 22.7 Å². The first-order valence-corrected chi connectivity index (χ1v) is 6.82. The Kier molecular flexibility index (Phi) is 3.39. The van der Waals surface area contributed by atoms with Crippen molar-refractivity contribution >= 4 is 11.2 Å². The van der Waals surface area contributed by atoms with Crippen LogP contribution < -0.4 is 11.1 Å². The minimum absolute atomic E-state index is 0.753. The molecule has 102 valence electrons. The smallest absolute Gasteiger partial charge is 0.144 e. The first kappa shape index (κ1) is 12.7. The van der Waals surface area contributed by atoms with Gasteiger partial charge in [0.15, 0.2) is 0 Å². The number of nitrogens with zero attached hydrogens (tertiary/aromatic N) is 2. The molecule has 0 amide bonds. The third-order valence-corrected chi connectivity index (χ3v) is 3.31. The van der Waals surface area contributed by atoms with E-state index in [1.54, 1.807) is 0 Å². The zero-order valence-electron chi connectivity index (χ0n) is 11.5. The average molecular weight is 266 g/mol. The van der Waals surface area contributed by atoms with Crippen molar-refractivity contribution in [3.63, 3.8) is 0 Å². The molecule has 2 aromatic heterocycles. The topological polar surface area (TPSA) is 55.3 Å². The van der Waals surface area contributed by atoms with Crippen LogP contribution in [0.15, 0.2) is 48.7 Å². The lowest BCUT2D eigenvalue weighted by Gasteiger charge is -2.01. The zero-order chi connectivity index (χ0) is 13.9. The Labute approximate surface area is 118 Å². The van der Waals surface area contributed by atoms with Gasteiger partial charge in [-0.15, -0.1) is 0 Å². The summed E-state index contributed by atoms with van der Waals surface area (Å²) in [4.78, 5) is 4.78. The van der Waals surface area contributed by atoms with Crippen molar-refractivity contribution in [2.45, 2.75) is 13.5 Å². The van der Waals surface area contributed by atoms with E-state index < -0.39 is 0 Å². The molecule has 0 atom stereocenters. The van der Waals surface area contributed by atoms with Crippen LogP contribution in [0.2, 0.25) is 0 Å². The Balaban J connectivity index is 2.15. The van der Waals surface area contributed by atoms with E-state index in [0.29, 0.717) is 0 Å². The van der Waals surface area contributed by atoms with Crippen LogP contribution in [0.25, 0.3) is 16.9 Å². The fraction of sp³-hybridized carbons (Fsp3) is 0.188. The molecule has 1 aromatic carbocycles. The molecular weight excluding hydrogens is 248 g/mol. The number of nitrogens with one attached hydrogen (secondary N) is 1. The number of benzene rings is 1. The van der Waals surface area contributed by atoms with Gasteiger partial charge in [-0.2, -0.15) is 0 Å². The molecule has 0 saturated heterocycles. The highest BCUT2D eigenvalue weighted by Gasteiger charge is 2.11. The maximum absolute atomic E-state index is 5.88. The summed E-state index contributed by atoms with van der Waals surface area (Å²) in [5, 5.41) is 3.33. The van der Waals surface area contributed by atoms with Crippen molar-refractivity contribution in [3.8, 4) is 11.4 Å². The molecule has 0 aliphatic carbocycles. The second-order valence-corrected chi connectivity index (χ2v) is 4.74. The van der Waals surface area contributed by atoms with Crippen LogP contribution in [0.5, 0.6) is 0 Å². The van der Waals surface area contributed by atoms with E-state index in [1.807, 2.05) is 42.6 Å². The van der Waals surface area contributed by atoms with Gasteiger partial charge >= 0.3 is 0 Å². The largest absolute Gasteiger partial charge is 0.399 e. The van der Waals surface area contributed by atoms with Gasteiger partial charge < -0.3 is 11.1 Å². The molecule has 0 aliphatic rings. The maximum atomic E-state index is 5.88. The molecule has 4 nitrogen and oxygen atoms in total. The first-order valence-electron chi connectivity index (χ1n) is 6.82. The molecule has 0 spiro atoms. The Morgan fingerprint density at radius 1 is 1.20 bits per heavy atom. The highest BCUT2D eigenvalue weighted by Crippen LogP contribution is 2.24. The Morgan fingerprint density at radius 2 is 2.10 bits per heavy atom. The summed E-state index contributed by atoms with van der Waals surface area (Å²) in [6.07, 6.45) is 2.04. The molecule has 0 saturated carbocycles. The van der Waals surface area contributed by atoms with Gasteiger partial charge in [0.1, 0.15) is 5.82 Å². The summed E-state index contributed by atoms with van der Waals surface area (Å²) in [7, 11) is 0. The molecule has 0 aliphatic heterocycles. The Hall–Kier alpha value is -2.33. The molecule has 3 N–H and O–H groups in total. The Bertz CT molecular complexity index is 730. The standard InChI is InChI=1S/C16H18N4/c1-2-18-11-14-15-8-3-4-9-20(15)16(19-14)12-6-5-7-13(17)10-12/h3-10,18H,2,11,17H2,1H3. The number of nitrogens with two attached hydrogens (primary N) is 1. The van der Waals surface area contributed by atoms with E-state index in [1.165, 1.54) is 0 Å². The monoisotopic (exact) mass is 266 g/mol. The number of imidazole rings is 1. The van der Waals surface area contributed by atoms with Gasteiger partial charge in [0.25, 0.3) is 0 Å². The van der Waals surface area contributed by atoms with Crippen molar-refractivity contribution in [3.05, 3.63) is 54.4 Å². The molecule has 0 unspecified atom stereocenters. The fourth-order valence-electron chi connectivity index (χ4n) is 2.36. The molecule has 3 aromatic rings. The average Bonchev–Trinajstić information content (AvgIpc) is 2.84. The lowest BCUT2D eigenvalue weighted by molar-refractivity contribution is 0.718. The number of nitrogen functional groups attached to an aromatic ring is 1. The summed E-state index contributed by atoms with van der Waals surface area (Å²) in [6.45, 7) is 3.79. The van der Waals surface area contributed by atoms with Crippen molar-refractivity contribution in [2.24, 2.45) is 0 Å². The van der Waals surface area contributed by atoms with E-state index in [4.69, 9.17) is 10.7 Å². The van der Waals surface area contributed by atoms with Crippen molar-refractivity contribution < 1.29 is 0 Å². The van der Waals surface area contributed by atoms with Gasteiger partial charge in [0, 0.05) is 24.0 Å². The van der Waals surface area contributed by atoms with Crippen LogP contribution >= 0.6 is 0 Å². The zero-order valence-corrected chi connectivity index (χ0v) is 11.5. The number of anilines is 1. The van der Waals surface area contributed by atoms with Gasteiger partial charge in [-0.25, -0.2) is 4.98 Å². The predicted octanol–water partition coefficient (Wildman–Crippen LogP) is 2.69. The number of rotatable bonds is 4. The predicted molar refractivity (Wildman–Crippen MR) is 82.4 cm³/mol. The highest BCUT2D eigenvalue weighted by atomic mass is 15.0. The Morgan fingerprint density at radius 3 is 2.90 bits per heavy atom. The number of pyridine rings is 1. The van der Waals surface area contributed by atoms with E-state index in [9.17, 15) is 0 Å². The summed E-state index contributed by atoms with van der Waals surface area (Å²) in [5.74, 6) is 0.931. The van der Waals surface area contributed by atoms with Crippen LogP contribution in [0.1, 0.15) is 12.6 Å². The van der Waals surface area contributed by atoms with Gasteiger partial charge in [-0.1, -0.05) is 25.1 Å². The van der Waals surface area contributed by atoms with Crippen LogP contribution in [0.4, 0.5) is 5.69 Å². The number of fused-ring (bicyclic) bond motifs is 1. The summed E-state index contributed by atoms with van der Waals surface area (Å²) >= 11 is 0. The third kappa shape index (κ3) is 2.26. The minimum Gasteiger partial charge on any atom is -0.399 e. The quantitative estimate of drug-likeness (QED) is 0.714. The van der Waals surface area contributed by atoms with Gasteiger partial charge in [-0.3, -0.25) is 4.40 Å². The van der Waals surface area contributed by atoms with Gasteiger partial charge in [0.05, 0.1) is 11.2 Å². The SMILES string of the molecule is CCNCc1nc(-c2cccc(N)c2)n2ccccc12. The number of hydrogen-bond donors (Lipinski definition) is 2. The van der Waals surface area contributed by atoms with Crippen LogP contribution in [-0.2, 0) is 6.54 Å². The van der Waals surface area contributed by atoms with Gasteiger partial charge in [-0.05, 0) is 30.8 Å². The lowest BCUT2D eigenvalue weighted by atomic mass is 10.2. The van der Waals surface area contributed by atoms with Crippen LogP contribution in [-0.4, -0.2) is 15.9 Å². The normalized spacial score (nSPS) is 11.1. The molecular formula is C16H18N4. The van der Waals surface area contributed by atoms with Crippen molar-refractivity contribution in [1.29, 1.82) is 0 Å². The van der Waals surface area contributed by atoms with Crippen LogP contribution in [0, 0.1) is 0 Å². The van der Waals surface area contributed by atoms with Gasteiger partial charge in [0.2, 0.25) is 0 Å². The minimum atomic E-state index is 0.753. The number of hydrogen-bond acceptors (Lipinski definition) is 3. The lowest BCUT2D eigenvalue weighted by Crippen LogP contribution is -2.12. The van der Waals surface area contributed by atoms with Crippen molar-refractivity contribution in [2.75, 3.05) is 12.3 Å². The molecule has 0 bridgehead atoms. The van der Waals surface area contributed by atoms with E-state index >= 15 is 0 Å². The maximum Gasteiger partial charge on any atom is 0.144 e. The second kappa shape index (κ2) is 5.35. The molecule has 0 radical (unpaired) electrons. The molecule has 2 heterocycles. The summed E-state index contributed by atoms with van der Waals surface area (Å²) in [6, 6.07) is 14.0. The molecule has 0 fully saturated rings. The first-order chi connectivity index (χ1) is 9.79. The van der Waals surface area contributed by atoms with Crippen LogP contribution in [0.3, 0.4) is 0 Å². The fourth-order valence-corrected chi connectivity index (χ4v) is 2.36. The third-order valence-electron chi connectivity index (χ3n) is 3.31. The molecule has 20 heavy (non-hydrogen) atoms. The van der Waals surface area contributed by atoms with E-state index in [0.717, 1.165) is 41.4 Å². The highest BCUT2D eigenvalue weighted by molar-refractivity contribution is 5.68. The summed E-state index contributed by atoms with van der Waals surface area (Å²) < 4.78 is 2.11. The second-order valence-electron chi connectivity index (χ2n) is 4.74. The van der Waals surface area contributed by atoms with E-state index in [-0.39, 0.29) is 0 Å². The molecule has 3 rings (SSSR count). The summed E-state index contributed by atoms with van der Waals surface area (Å²) in [5.41, 5.74) is 9.86. The number of aromatic nitrogens is 2.